The third kappa shape index (κ3) is 4.63. The molecule has 0 aliphatic carbocycles. The summed E-state index contributed by atoms with van der Waals surface area (Å²) in [5.74, 6) is -0.406. The Balaban J connectivity index is 2.33. The first kappa shape index (κ1) is 15.6. The molecule has 1 unspecified atom stereocenters. The van der Waals surface area contributed by atoms with E-state index in [0.717, 1.165) is 0 Å². The molecular weight excluding hydrogens is 246 g/mol. The largest absolute Gasteiger partial charge is 0.351 e. The van der Waals surface area contributed by atoms with Crippen molar-refractivity contribution in [2.75, 3.05) is 13.1 Å². The number of likely N-dealkylation sites (tertiary alicyclic amines) is 1. The molecule has 1 saturated heterocycles. The van der Waals surface area contributed by atoms with E-state index in [4.69, 9.17) is 0 Å². The van der Waals surface area contributed by atoms with Crippen LogP contribution in [-0.2, 0) is 14.4 Å². The van der Waals surface area contributed by atoms with E-state index in [1.165, 1.54) is 4.90 Å². The molecule has 6 nitrogen and oxygen atoms in total. The lowest BCUT2D eigenvalue weighted by Gasteiger charge is -2.20. The molecule has 0 saturated carbocycles. The average Bonchev–Trinajstić information content (AvgIpc) is 2.51. The lowest BCUT2D eigenvalue weighted by Crippen LogP contribution is -2.43. The second kappa shape index (κ2) is 6.14. The fourth-order valence-corrected chi connectivity index (χ4v) is 2.02. The van der Waals surface area contributed by atoms with E-state index in [1.807, 2.05) is 20.8 Å². The molecule has 0 aromatic heterocycles. The van der Waals surface area contributed by atoms with E-state index in [-0.39, 0.29) is 29.7 Å². The second-order valence-corrected chi connectivity index (χ2v) is 5.74. The van der Waals surface area contributed by atoms with Gasteiger partial charge in [-0.05, 0) is 27.7 Å². The molecule has 19 heavy (non-hydrogen) atoms. The van der Waals surface area contributed by atoms with Gasteiger partial charge in [0.15, 0.2) is 0 Å². The highest BCUT2D eigenvalue weighted by Crippen LogP contribution is 2.12. The Morgan fingerprint density at radius 3 is 2.47 bits per heavy atom. The first-order valence-corrected chi connectivity index (χ1v) is 6.63. The van der Waals surface area contributed by atoms with Gasteiger partial charge in [0.25, 0.3) is 0 Å². The molecule has 2 N–H and O–H groups in total. The topological polar surface area (TPSA) is 78.5 Å². The number of amides is 3. The number of hydrogen-bond acceptors (Lipinski definition) is 4. The number of likely N-dealkylation sites (N-methyl/N-ethyl adjacent to an activating group) is 1. The minimum atomic E-state index is -0.477. The van der Waals surface area contributed by atoms with Gasteiger partial charge in [0, 0.05) is 25.0 Å². The van der Waals surface area contributed by atoms with Crippen molar-refractivity contribution >= 4 is 17.7 Å². The fraction of sp³-hybridized carbons (Fsp3) is 0.769. The fourth-order valence-electron chi connectivity index (χ4n) is 2.02. The van der Waals surface area contributed by atoms with Gasteiger partial charge >= 0.3 is 0 Å². The van der Waals surface area contributed by atoms with Crippen molar-refractivity contribution in [1.29, 1.82) is 0 Å². The average molecular weight is 269 g/mol. The Labute approximate surface area is 113 Å². The molecule has 0 spiro atoms. The molecule has 1 rings (SSSR count). The van der Waals surface area contributed by atoms with E-state index in [9.17, 15) is 14.4 Å². The van der Waals surface area contributed by atoms with Gasteiger partial charge in [0.1, 0.15) is 0 Å². The maximum Gasteiger partial charge on any atom is 0.246 e. The molecule has 3 amide bonds. The first-order valence-electron chi connectivity index (χ1n) is 6.63. The van der Waals surface area contributed by atoms with E-state index < -0.39 is 6.04 Å². The summed E-state index contributed by atoms with van der Waals surface area (Å²) in [5, 5.41) is 5.81. The van der Waals surface area contributed by atoms with Crippen molar-refractivity contribution in [2.45, 2.75) is 52.1 Å². The Kier molecular flexibility index (Phi) is 5.05. The minimum Gasteiger partial charge on any atom is -0.351 e. The molecule has 0 radical (unpaired) electrons. The number of nitrogens with zero attached hydrogens (tertiary/aromatic N) is 1. The molecule has 1 aliphatic heterocycles. The van der Waals surface area contributed by atoms with Crippen LogP contribution < -0.4 is 10.6 Å². The highest BCUT2D eigenvalue weighted by molar-refractivity contribution is 6.05. The summed E-state index contributed by atoms with van der Waals surface area (Å²) >= 11 is 0. The number of imide groups is 1. The summed E-state index contributed by atoms with van der Waals surface area (Å²) in [6.07, 6.45) is 0.481. The Morgan fingerprint density at radius 1 is 1.37 bits per heavy atom. The van der Waals surface area contributed by atoms with Crippen LogP contribution in [-0.4, -0.2) is 47.3 Å². The van der Waals surface area contributed by atoms with E-state index >= 15 is 0 Å². The van der Waals surface area contributed by atoms with Crippen molar-refractivity contribution in [3.63, 3.8) is 0 Å². The zero-order chi connectivity index (χ0) is 14.6. The summed E-state index contributed by atoms with van der Waals surface area (Å²) in [5.41, 5.74) is -0.255. The van der Waals surface area contributed by atoms with Gasteiger partial charge in [-0.2, -0.15) is 0 Å². The summed E-state index contributed by atoms with van der Waals surface area (Å²) in [7, 11) is 0. The van der Waals surface area contributed by atoms with Crippen molar-refractivity contribution in [3.8, 4) is 0 Å². The molecule has 108 valence electrons. The third-order valence-corrected chi connectivity index (χ3v) is 2.82. The summed E-state index contributed by atoms with van der Waals surface area (Å²) in [6.45, 7) is 8.31. The molecule has 0 bridgehead atoms. The van der Waals surface area contributed by atoms with E-state index in [2.05, 4.69) is 10.6 Å². The van der Waals surface area contributed by atoms with Gasteiger partial charge in [0.05, 0.1) is 12.5 Å². The lowest BCUT2D eigenvalue weighted by molar-refractivity contribution is -0.138. The molecule has 6 heteroatoms. The Hall–Kier alpha value is -1.43. The van der Waals surface area contributed by atoms with Crippen LogP contribution in [0.5, 0.6) is 0 Å². The smallest absolute Gasteiger partial charge is 0.246 e. The zero-order valence-corrected chi connectivity index (χ0v) is 12.1. The van der Waals surface area contributed by atoms with E-state index in [1.54, 1.807) is 6.92 Å². The van der Waals surface area contributed by atoms with Crippen molar-refractivity contribution in [2.24, 2.45) is 0 Å². The van der Waals surface area contributed by atoms with Crippen LogP contribution in [0, 0.1) is 0 Å². The maximum absolute atomic E-state index is 11.8. The number of carbonyl (C=O) groups excluding carboxylic acids is 3. The van der Waals surface area contributed by atoms with Gasteiger partial charge in [-0.15, -0.1) is 0 Å². The van der Waals surface area contributed by atoms with Crippen LogP contribution in [0.15, 0.2) is 0 Å². The van der Waals surface area contributed by atoms with Crippen LogP contribution in [0.3, 0.4) is 0 Å². The third-order valence-electron chi connectivity index (χ3n) is 2.82. The minimum absolute atomic E-state index is 0.0656. The predicted octanol–water partition coefficient (Wildman–Crippen LogP) is 0.0282. The van der Waals surface area contributed by atoms with Crippen molar-refractivity contribution < 1.29 is 14.4 Å². The van der Waals surface area contributed by atoms with Crippen LogP contribution in [0.4, 0.5) is 0 Å². The van der Waals surface area contributed by atoms with Crippen LogP contribution in [0.25, 0.3) is 0 Å². The zero-order valence-electron chi connectivity index (χ0n) is 12.1. The van der Waals surface area contributed by atoms with Gasteiger partial charge in [-0.25, -0.2) is 0 Å². The number of hydrogen-bond donors (Lipinski definition) is 2. The van der Waals surface area contributed by atoms with Gasteiger partial charge < -0.3 is 10.6 Å². The maximum atomic E-state index is 11.8. The second-order valence-electron chi connectivity index (χ2n) is 5.74. The molecule has 0 aromatic carbocycles. The number of rotatable bonds is 5. The van der Waals surface area contributed by atoms with Crippen LogP contribution in [0.1, 0.15) is 40.5 Å². The molecule has 1 heterocycles. The van der Waals surface area contributed by atoms with Gasteiger partial charge in [-0.1, -0.05) is 0 Å². The monoisotopic (exact) mass is 269 g/mol. The Morgan fingerprint density at radius 2 is 2.00 bits per heavy atom. The molecule has 1 fully saturated rings. The molecule has 0 aromatic rings. The SMILES string of the molecule is CCN1C(=O)CC(NCCC(=O)NC(C)(C)C)C1=O. The quantitative estimate of drug-likeness (QED) is 0.690. The highest BCUT2D eigenvalue weighted by atomic mass is 16.2. The van der Waals surface area contributed by atoms with Gasteiger partial charge in [0.2, 0.25) is 17.7 Å². The van der Waals surface area contributed by atoms with Crippen LogP contribution in [0.2, 0.25) is 0 Å². The normalized spacial score (nSPS) is 20.0. The van der Waals surface area contributed by atoms with Crippen molar-refractivity contribution in [3.05, 3.63) is 0 Å². The first-order chi connectivity index (χ1) is 8.74. The molecular formula is C13H23N3O3. The lowest BCUT2D eigenvalue weighted by atomic mass is 10.1. The van der Waals surface area contributed by atoms with Crippen LogP contribution >= 0.6 is 0 Å². The molecule has 1 aliphatic rings. The number of nitrogens with one attached hydrogen (secondary N) is 2. The summed E-state index contributed by atoms with van der Waals surface area (Å²) in [4.78, 5) is 36.1. The number of carbonyl (C=O) groups is 3. The van der Waals surface area contributed by atoms with Crippen molar-refractivity contribution in [1.82, 2.24) is 15.5 Å². The predicted molar refractivity (Wildman–Crippen MR) is 71.3 cm³/mol. The summed E-state index contributed by atoms with van der Waals surface area (Å²) in [6, 6.07) is -0.477. The Bertz CT molecular complexity index is 374. The standard InChI is InChI=1S/C13H23N3O3/c1-5-16-11(18)8-9(12(16)19)14-7-6-10(17)15-13(2,3)4/h9,14H,5-8H2,1-4H3,(H,15,17). The summed E-state index contributed by atoms with van der Waals surface area (Å²) < 4.78 is 0. The highest BCUT2D eigenvalue weighted by Gasteiger charge is 2.36. The van der Waals surface area contributed by atoms with E-state index in [0.29, 0.717) is 19.5 Å². The van der Waals surface area contributed by atoms with Gasteiger partial charge in [-0.3, -0.25) is 19.3 Å². The molecule has 1 atom stereocenters.